The molecule has 0 bridgehead atoms. The number of hydrogen-bond donors (Lipinski definition) is 3. The van der Waals surface area contributed by atoms with E-state index in [0.717, 1.165) is 43.0 Å². The summed E-state index contributed by atoms with van der Waals surface area (Å²) < 4.78 is 2.68. The smallest absolute Gasteiger partial charge is 0.183 e. The molecule has 2 aliphatic heterocycles. The van der Waals surface area contributed by atoms with E-state index in [4.69, 9.17) is 11.1 Å². The minimum Gasteiger partial charge on any atom is -0.396 e. The van der Waals surface area contributed by atoms with E-state index in [0.29, 0.717) is 34.4 Å². The average Bonchev–Trinajstić information content (AvgIpc) is 3.09. The SMILES string of the molecule is CCNc1ccnc2c(/N=C3\N=C(N4CC[N+](C)(C)CC4)C(=N)C=C3N)cnn12. The lowest BCUT2D eigenvalue weighted by atomic mass is 10.1. The molecular formula is C19H27N10+. The number of hydrogen-bond acceptors (Lipinski definition) is 7. The van der Waals surface area contributed by atoms with E-state index < -0.39 is 0 Å². The standard InChI is InChI=1S/C19H27N10/c1-4-22-16-5-6-23-19-15(12-24-28(16)19)25-17-13(20)11-14(21)18(26-17)27-7-9-29(2,3)10-8-27/h5-6,11-12,21-22H,4,7-10,20H2,1-3H3/q+1/b21-14?,25-17-. The predicted molar refractivity (Wildman–Crippen MR) is 115 cm³/mol. The molecule has 29 heavy (non-hydrogen) atoms. The summed E-state index contributed by atoms with van der Waals surface area (Å²) in [7, 11) is 4.44. The third-order valence-electron chi connectivity index (χ3n) is 5.23. The molecule has 4 heterocycles. The van der Waals surface area contributed by atoms with Crippen LogP contribution in [0.15, 0.2) is 40.2 Å². The van der Waals surface area contributed by atoms with Crippen LogP contribution in [-0.4, -0.2) is 88.2 Å². The van der Waals surface area contributed by atoms with Crippen LogP contribution in [0.3, 0.4) is 0 Å². The molecule has 2 aromatic rings. The van der Waals surface area contributed by atoms with Gasteiger partial charge in [-0.3, -0.25) is 5.41 Å². The van der Waals surface area contributed by atoms with Crippen molar-refractivity contribution in [2.45, 2.75) is 6.92 Å². The summed E-state index contributed by atoms with van der Waals surface area (Å²) in [4.78, 5) is 15.8. The van der Waals surface area contributed by atoms with Crippen LogP contribution in [0.2, 0.25) is 0 Å². The summed E-state index contributed by atoms with van der Waals surface area (Å²) in [5.41, 5.74) is 8.04. The highest BCUT2D eigenvalue weighted by atomic mass is 15.4. The van der Waals surface area contributed by atoms with Crippen molar-refractivity contribution in [1.82, 2.24) is 19.5 Å². The highest BCUT2D eigenvalue weighted by molar-refractivity contribution is 6.48. The maximum absolute atomic E-state index is 8.33. The van der Waals surface area contributed by atoms with Crippen molar-refractivity contribution in [1.29, 1.82) is 5.41 Å². The largest absolute Gasteiger partial charge is 0.396 e. The monoisotopic (exact) mass is 395 g/mol. The molecule has 2 aliphatic rings. The zero-order valence-corrected chi connectivity index (χ0v) is 17.1. The molecular weight excluding hydrogens is 368 g/mol. The number of quaternary nitrogens is 1. The van der Waals surface area contributed by atoms with Crippen LogP contribution in [-0.2, 0) is 0 Å². The van der Waals surface area contributed by atoms with Crippen LogP contribution < -0.4 is 11.1 Å². The fraction of sp³-hybridized carbons (Fsp3) is 0.421. The lowest BCUT2D eigenvalue weighted by molar-refractivity contribution is -0.894. The number of anilines is 1. The van der Waals surface area contributed by atoms with Gasteiger partial charge in [-0.05, 0) is 19.1 Å². The maximum atomic E-state index is 8.33. The van der Waals surface area contributed by atoms with Crippen molar-refractivity contribution in [3.63, 3.8) is 0 Å². The van der Waals surface area contributed by atoms with E-state index >= 15 is 0 Å². The fourth-order valence-electron chi connectivity index (χ4n) is 3.45. The summed E-state index contributed by atoms with van der Waals surface area (Å²) in [5, 5.41) is 16.0. The van der Waals surface area contributed by atoms with E-state index in [-0.39, 0.29) is 0 Å². The van der Waals surface area contributed by atoms with E-state index in [1.807, 2.05) is 13.0 Å². The minimum atomic E-state index is 0.320. The number of aromatic nitrogens is 3. The van der Waals surface area contributed by atoms with Gasteiger partial charge in [0.25, 0.3) is 0 Å². The number of piperazine rings is 1. The normalized spacial score (nSPS) is 20.7. The molecule has 1 fully saturated rings. The summed E-state index contributed by atoms with van der Waals surface area (Å²) >= 11 is 0. The molecule has 0 atom stereocenters. The molecule has 0 aliphatic carbocycles. The third-order valence-corrected chi connectivity index (χ3v) is 5.23. The summed E-state index contributed by atoms with van der Waals surface area (Å²) in [5.74, 6) is 1.85. The quantitative estimate of drug-likeness (QED) is 0.666. The molecule has 4 rings (SSSR count). The lowest BCUT2D eigenvalue weighted by Crippen LogP contribution is -2.57. The first-order chi connectivity index (χ1) is 13.9. The Kier molecular flexibility index (Phi) is 4.79. The van der Waals surface area contributed by atoms with Gasteiger partial charge < -0.3 is 20.4 Å². The lowest BCUT2D eigenvalue weighted by Gasteiger charge is -2.40. The van der Waals surface area contributed by atoms with Gasteiger partial charge in [0.05, 0.1) is 57.9 Å². The fourth-order valence-corrected chi connectivity index (χ4v) is 3.45. The van der Waals surface area contributed by atoms with Crippen LogP contribution in [0.4, 0.5) is 11.5 Å². The van der Waals surface area contributed by atoms with Crippen molar-refractivity contribution in [3.8, 4) is 0 Å². The number of fused-ring (bicyclic) bond motifs is 1. The number of nitrogens with two attached hydrogens (primary N) is 1. The Balaban J connectivity index is 1.68. The maximum Gasteiger partial charge on any atom is 0.183 e. The zero-order valence-electron chi connectivity index (χ0n) is 17.1. The van der Waals surface area contributed by atoms with Gasteiger partial charge in [0.2, 0.25) is 0 Å². The predicted octanol–water partition coefficient (Wildman–Crippen LogP) is 0.858. The van der Waals surface area contributed by atoms with Crippen molar-refractivity contribution >= 4 is 34.5 Å². The summed E-state index contributed by atoms with van der Waals surface area (Å²) in [6.07, 6.45) is 5.00. The topological polar surface area (TPSA) is 120 Å². The number of likely N-dealkylation sites (N-methyl/N-ethyl adjacent to an activating group) is 1. The zero-order chi connectivity index (χ0) is 20.6. The molecule has 0 saturated carbocycles. The van der Waals surface area contributed by atoms with Gasteiger partial charge in [0.1, 0.15) is 11.5 Å². The van der Waals surface area contributed by atoms with Gasteiger partial charge >= 0.3 is 0 Å². The third kappa shape index (κ3) is 3.70. The number of nitrogens with one attached hydrogen (secondary N) is 2. The van der Waals surface area contributed by atoms with Gasteiger partial charge in [-0.15, -0.1) is 0 Å². The summed E-state index contributed by atoms with van der Waals surface area (Å²) in [6, 6.07) is 1.86. The molecule has 0 aromatic carbocycles. The number of aliphatic imine (C=N–C) groups is 2. The average molecular weight is 395 g/mol. The highest BCUT2D eigenvalue weighted by Crippen LogP contribution is 2.23. The number of rotatable bonds is 3. The van der Waals surface area contributed by atoms with Gasteiger partial charge in [-0.25, -0.2) is 15.0 Å². The Labute approximate surface area is 169 Å². The first-order valence-corrected chi connectivity index (χ1v) is 9.75. The van der Waals surface area contributed by atoms with Crippen molar-refractivity contribution in [2.75, 3.05) is 52.1 Å². The second-order valence-electron chi connectivity index (χ2n) is 7.88. The Morgan fingerprint density at radius 1 is 1.31 bits per heavy atom. The van der Waals surface area contributed by atoms with E-state index in [2.05, 4.69) is 44.4 Å². The first-order valence-electron chi connectivity index (χ1n) is 9.75. The van der Waals surface area contributed by atoms with Crippen molar-refractivity contribution < 1.29 is 4.48 Å². The minimum absolute atomic E-state index is 0.320. The Morgan fingerprint density at radius 2 is 2.07 bits per heavy atom. The van der Waals surface area contributed by atoms with Gasteiger partial charge in [0, 0.05) is 12.7 Å². The van der Waals surface area contributed by atoms with Crippen LogP contribution in [0, 0.1) is 5.41 Å². The van der Waals surface area contributed by atoms with Gasteiger partial charge in [0.15, 0.2) is 17.3 Å². The van der Waals surface area contributed by atoms with Crippen LogP contribution in [0.1, 0.15) is 6.92 Å². The highest BCUT2D eigenvalue weighted by Gasteiger charge is 2.29. The second-order valence-corrected chi connectivity index (χ2v) is 7.88. The van der Waals surface area contributed by atoms with E-state index in [1.54, 1.807) is 23.0 Å². The first kappa shape index (κ1) is 19.1. The van der Waals surface area contributed by atoms with E-state index in [1.165, 1.54) is 0 Å². The number of amidine groups is 2. The molecule has 10 nitrogen and oxygen atoms in total. The molecule has 0 unspecified atom stereocenters. The number of dihydropyridines is 1. The van der Waals surface area contributed by atoms with Crippen LogP contribution in [0.5, 0.6) is 0 Å². The summed E-state index contributed by atoms with van der Waals surface area (Å²) in [6.45, 7) is 6.50. The van der Waals surface area contributed by atoms with Gasteiger partial charge in [-0.2, -0.15) is 9.61 Å². The molecule has 0 spiro atoms. The number of nitrogens with zero attached hydrogens (tertiary/aromatic N) is 7. The van der Waals surface area contributed by atoms with Crippen LogP contribution >= 0.6 is 0 Å². The molecule has 0 amide bonds. The molecule has 4 N–H and O–H groups in total. The molecule has 2 aromatic heterocycles. The van der Waals surface area contributed by atoms with Crippen molar-refractivity contribution in [3.05, 3.63) is 30.2 Å². The van der Waals surface area contributed by atoms with E-state index in [9.17, 15) is 0 Å². The molecule has 10 heteroatoms. The second kappa shape index (κ2) is 7.28. The molecule has 0 radical (unpaired) electrons. The molecule has 152 valence electrons. The Morgan fingerprint density at radius 3 is 2.79 bits per heavy atom. The molecule has 1 saturated heterocycles. The Bertz CT molecular complexity index is 1030. The van der Waals surface area contributed by atoms with Gasteiger partial charge in [-0.1, -0.05) is 0 Å². The Hall–Kier alpha value is -3.27. The van der Waals surface area contributed by atoms with Crippen molar-refractivity contribution in [2.24, 2.45) is 15.7 Å². The van der Waals surface area contributed by atoms with Crippen LogP contribution in [0.25, 0.3) is 5.65 Å².